The largest absolute Gasteiger partial charge is 0.354 e. The number of anilines is 1. The lowest BCUT2D eigenvalue weighted by molar-refractivity contribution is 0.247. The average Bonchev–Trinajstić information content (AvgIpc) is 3.33. The molecule has 4 nitrogen and oxygen atoms in total. The van der Waals surface area contributed by atoms with E-state index in [2.05, 4.69) is 27.8 Å². The smallest absolute Gasteiger partial charge is 0.131 e. The lowest BCUT2D eigenvalue weighted by atomic mass is 10.0. The zero-order chi connectivity index (χ0) is 14.7. The molecule has 0 spiro atoms. The lowest BCUT2D eigenvalue weighted by Gasteiger charge is -2.36. The van der Waals surface area contributed by atoms with Gasteiger partial charge in [-0.05, 0) is 43.2 Å². The Bertz CT molecular complexity index is 450. The van der Waals surface area contributed by atoms with Gasteiger partial charge in [-0.25, -0.2) is 4.98 Å². The highest BCUT2D eigenvalue weighted by molar-refractivity contribution is 5.47. The first-order chi connectivity index (χ1) is 10.3. The molecule has 21 heavy (non-hydrogen) atoms. The molecule has 1 aliphatic heterocycles. The van der Waals surface area contributed by atoms with Crippen molar-refractivity contribution in [1.29, 1.82) is 0 Å². The highest BCUT2D eigenvalue weighted by Gasteiger charge is 2.27. The van der Waals surface area contributed by atoms with Crippen LogP contribution in [0.5, 0.6) is 0 Å². The highest BCUT2D eigenvalue weighted by atomic mass is 15.3. The molecule has 1 atom stereocenters. The van der Waals surface area contributed by atoms with E-state index in [9.17, 15) is 0 Å². The predicted octanol–water partition coefficient (Wildman–Crippen LogP) is 1.89. The number of piperazine rings is 1. The van der Waals surface area contributed by atoms with Crippen molar-refractivity contribution >= 4 is 5.82 Å². The summed E-state index contributed by atoms with van der Waals surface area (Å²) in [6.07, 6.45) is 6.75. The van der Waals surface area contributed by atoms with Gasteiger partial charge in [-0.3, -0.25) is 4.90 Å². The van der Waals surface area contributed by atoms with Crippen molar-refractivity contribution in [1.82, 2.24) is 9.88 Å². The third kappa shape index (κ3) is 3.95. The SMILES string of the molecule is CCC(N)Cc1cccnc1N1CCN(CC2CC2)CC1. The molecule has 2 heterocycles. The zero-order valence-corrected chi connectivity index (χ0v) is 13.2. The Morgan fingerprint density at radius 3 is 2.71 bits per heavy atom. The van der Waals surface area contributed by atoms with E-state index >= 15 is 0 Å². The monoisotopic (exact) mass is 288 g/mol. The molecule has 0 aromatic carbocycles. The van der Waals surface area contributed by atoms with Crippen molar-refractivity contribution in [2.24, 2.45) is 11.7 Å². The number of pyridine rings is 1. The molecule has 2 aliphatic rings. The maximum absolute atomic E-state index is 6.13. The quantitative estimate of drug-likeness (QED) is 0.868. The number of rotatable bonds is 6. The molecule has 1 unspecified atom stereocenters. The fourth-order valence-electron chi connectivity index (χ4n) is 3.11. The minimum absolute atomic E-state index is 0.240. The Morgan fingerprint density at radius 1 is 1.29 bits per heavy atom. The van der Waals surface area contributed by atoms with Gasteiger partial charge in [-0.2, -0.15) is 0 Å². The molecule has 1 aromatic heterocycles. The third-order valence-electron chi connectivity index (χ3n) is 4.76. The van der Waals surface area contributed by atoms with Crippen LogP contribution in [0.25, 0.3) is 0 Å². The summed E-state index contributed by atoms with van der Waals surface area (Å²) in [7, 11) is 0. The second kappa shape index (κ2) is 6.75. The second-order valence-corrected chi connectivity index (χ2v) is 6.59. The van der Waals surface area contributed by atoms with Crippen LogP contribution in [0.2, 0.25) is 0 Å². The molecule has 3 rings (SSSR count). The normalized spacial score (nSPS) is 21.5. The van der Waals surface area contributed by atoms with E-state index < -0.39 is 0 Å². The van der Waals surface area contributed by atoms with Gasteiger partial charge in [0.2, 0.25) is 0 Å². The van der Waals surface area contributed by atoms with E-state index in [-0.39, 0.29) is 6.04 Å². The van der Waals surface area contributed by atoms with Crippen molar-refractivity contribution in [3.63, 3.8) is 0 Å². The molecule has 2 N–H and O–H groups in total. The Balaban J connectivity index is 1.61. The van der Waals surface area contributed by atoms with Crippen molar-refractivity contribution in [2.75, 3.05) is 37.6 Å². The maximum atomic E-state index is 6.13. The first-order valence-electron chi connectivity index (χ1n) is 8.43. The van der Waals surface area contributed by atoms with Gasteiger partial charge in [-0.15, -0.1) is 0 Å². The van der Waals surface area contributed by atoms with Gasteiger partial charge in [0.1, 0.15) is 5.82 Å². The first-order valence-corrected chi connectivity index (χ1v) is 8.43. The van der Waals surface area contributed by atoms with Crippen LogP contribution < -0.4 is 10.6 Å². The summed E-state index contributed by atoms with van der Waals surface area (Å²) in [5, 5.41) is 0. The van der Waals surface area contributed by atoms with Crippen molar-refractivity contribution in [3.8, 4) is 0 Å². The van der Waals surface area contributed by atoms with Crippen molar-refractivity contribution in [3.05, 3.63) is 23.9 Å². The van der Waals surface area contributed by atoms with Gasteiger partial charge in [0, 0.05) is 45.0 Å². The Hall–Kier alpha value is -1.13. The van der Waals surface area contributed by atoms with Gasteiger partial charge in [0.25, 0.3) is 0 Å². The van der Waals surface area contributed by atoms with Gasteiger partial charge in [-0.1, -0.05) is 13.0 Å². The molecule has 2 fully saturated rings. The predicted molar refractivity (Wildman–Crippen MR) is 87.6 cm³/mol. The number of nitrogens with zero attached hydrogens (tertiary/aromatic N) is 3. The topological polar surface area (TPSA) is 45.4 Å². The fourth-order valence-corrected chi connectivity index (χ4v) is 3.11. The van der Waals surface area contributed by atoms with Crippen LogP contribution in [0, 0.1) is 5.92 Å². The fraction of sp³-hybridized carbons (Fsp3) is 0.706. The summed E-state index contributed by atoms with van der Waals surface area (Å²) in [5.41, 5.74) is 7.44. The minimum atomic E-state index is 0.240. The number of aromatic nitrogens is 1. The molecule has 0 bridgehead atoms. The van der Waals surface area contributed by atoms with Crippen LogP contribution in [-0.2, 0) is 6.42 Å². The summed E-state index contributed by atoms with van der Waals surface area (Å²) in [5.74, 6) is 2.15. The molecular formula is C17H28N4. The molecule has 1 saturated heterocycles. The lowest BCUT2D eigenvalue weighted by Crippen LogP contribution is -2.47. The Morgan fingerprint density at radius 2 is 2.05 bits per heavy atom. The number of hydrogen-bond acceptors (Lipinski definition) is 4. The summed E-state index contributed by atoms with van der Waals surface area (Å²) in [4.78, 5) is 9.71. The van der Waals surface area contributed by atoms with Gasteiger partial charge in [0.05, 0.1) is 0 Å². The molecule has 0 amide bonds. The van der Waals surface area contributed by atoms with E-state index in [0.29, 0.717) is 0 Å². The molecule has 1 aliphatic carbocycles. The van der Waals surface area contributed by atoms with Gasteiger partial charge < -0.3 is 10.6 Å². The van der Waals surface area contributed by atoms with Crippen LogP contribution in [0.1, 0.15) is 31.7 Å². The van der Waals surface area contributed by atoms with E-state index in [1.807, 2.05) is 12.3 Å². The minimum Gasteiger partial charge on any atom is -0.354 e. The van der Waals surface area contributed by atoms with Crippen LogP contribution >= 0.6 is 0 Å². The summed E-state index contributed by atoms with van der Waals surface area (Å²) in [6.45, 7) is 8.00. The highest BCUT2D eigenvalue weighted by Crippen LogP contribution is 2.30. The number of nitrogens with two attached hydrogens (primary N) is 1. The van der Waals surface area contributed by atoms with Crippen LogP contribution in [-0.4, -0.2) is 48.6 Å². The molecular weight excluding hydrogens is 260 g/mol. The second-order valence-electron chi connectivity index (χ2n) is 6.59. The zero-order valence-electron chi connectivity index (χ0n) is 13.2. The van der Waals surface area contributed by atoms with Crippen LogP contribution in [0.4, 0.5) is 5.82 Å². The maximum Gasteiger partial charge on any atom is 0.131 e. The van der Waals surface area contributed by atoms with E-state index in [1.54, 1.807) is 0 Å². The van der Waals surface area contributed by atoms with Crippen molar-refractivity contribution < 1.29 is 0 Å². The third-order valence-corrected chi connectivity index (χ3v) is 4.76. The molecule has 1 saturated carbocycles. The molecule has 116 valence electrons. The van der Waals surface area contributed by atoms with E-state index in [1.165, 1.54) is 38.0 Å². The Kier molecular flexibility index (Phi) is 4.76. The Labute approximate surface area is 128 Å². The number of hydrogen-bond donors (Lipinski definition) is 1. The van der Waals surface area contributed by atoms with E-state index in [0.717, 1.165) is 37.7 Å². The summed E-state index contributed by atoms with van der Waals surface area (Å²) >= 11 is 0. The standard InChI is InChI=1S/C17H28N4/c1-2-16(18)12-15-4-3-7-19-17(15)21-10-8-20(9-11-21)13-14-5-6-14/h3-4,7,14,16H,2,5-6,8-13,18H2,1H3. The molecule has 4 heteroatoms. The molecule has 0 radical (unpaired) electrons. The molecule has 1 aromatic rings. The van der Waals surface area contributed by atoms with Crippen LogP contribution in [0.15, 0.2) is 18.3 Å². The summed E-state index contributed by atoms with van der Waals surface area (Å²) in [6, 6.07) is 4.46. The van der Waals surface area contributed by atoms with Crippen LogP contribution in [0.3, 0.4) is 0 Å². The average molecular weight is 288 g/mol. The first kappa shape index (κ1) is 14.8. The van der Waals surface area contributed by atoms with E-state index in [4.69, 9.17) is 5.73 Å². The van der Waals surface area contributed by atoms with Gasteiger partial charge >= 0.3 is 0 Å². The van der Waals surface area contributed by atoms with Gasteiger partial charge in [0.15, 0.2) is 0 Å². The summed E-state index contributed by atoms with van der Waals surface area (Å²) < 4.78 is 0. The van der Waals surface area contributed by atoms with Crippen molar-refractivity contribution in [2.45, 2.75) is 38.6 Å².